The van der Waals surface area contributed by atoms with Gasteiger partial charge < -0.3 is 0 Å². The third-order valence-corrected chi connectivity index (χ3v) is 0. The van der Waals surface area contributed by atoms with Crippen LogP contribution < -0.4 is 0 Å². The maximum absolute atomic E-state index is 9.93. The molecular weight excluding hydrogens is 124 g/mol. The fraction of sp³-hybridized carbons (Fsp3) is 0. The maximum atomic E-state index is 9.93. The average Bonchev–Trinajstić information content (AvgIpc) is 0.650. The fourth-order valence-corrected chi connectivity index (χ4v) is 0. The van der Waals surface area contributed by atoms with Gasteiger partial charge in [-0.25, -0.2) is 0 Å². The number of rotatable bonds is 0. The Hall–Kier alpha value is -0.130. The van der Waals surface area contributed by atoms with Gasteiger partial charge in [0.1, 0.15) is 0 Å². The Kier molecular flexibility index (Phi) is 0.732. The molecule has 0 aliphatic rings. The van der Waals surface area contributed by atoms with Crippen LogP contribution in [0.1, 0.15) is 0 Å². The second-order valence-corrected chi connectivity index (χ2v) is 1.81. The van der Waals surface area contributed by atoms with Crippen LogP contribution in [0.2, 0.25) is 0 Å². The van der Waals surface area contributed by atoms with Gasteiger partial charge in [-0.05, 0) is 0 Å². The minimum atomic E-state index is -8.10. The Balaban J connectivity index is 4.16. The highest BCUT2D eigenvalue weighted by Gasteiger charge is 2.33. The predicted molar refractivity (Wildman–Crippen MR) is 12.6 cm³/mol. The minimum absolute atomic E-state index is 8.10. The van der Waals surface area contributed by atoms with Crippen LogP contribution in [0.3, 0.4) is 0 Å². The first-order valence-corrected chi connectivity index (χ1v) is 2.35. The molecule has 0 radical (unpaired) electrons. The van der Waals surface area contributed by atoms with Crippen molar-refractivity contribution in [3.05, 3.63) is 0 Å². The summed E-state index contributed by atoms with van der Waals surface area (Å²) in [5, 5.41) is 0. The molecule has 0 heterocycles. The summed E-state index contributed by atoms with van der Waals surface area (Å²) < 4.78 is 47.8. The van der Waals surface area contributed by atoms with Crippen LogP contribution in [-0.2, 0) is 10.6 Å². The van der Waals surface area contributed by atoms with Gasteiger partial charge in [0, 0.05) is 0 Å². The average molecular weight is 124 g/mol. The maximum Gasteiger partial charge on any atom is 0.456 e. The van der Waals surface area contributed by atoms with Crippen LogP contribution in [0, 0.1) is 0 Å². The Bertz CT molecular complexity index is 85.2. The van der Waals surface area contributed by atoms with E-state index in [2.05, 4.69) is 0 Å². The topological polar surface area (TPSA) is 17.1 Å². The van der Waals surface area contributed by atoms with Gasteiger partial charge in [-0.1, -0.05) is 15.5 Å². The molecule has 1 nitrogen and oxygen atoms in total. The van der Waals surface area contributed by atoms with E-state index in [1.165, 1.54) is 0 Å². The SMILES string of the molecule is O=S(F)(F)(F)F. The lowest BCUT2D eigenvalue weighted by molar-refractivity contribution is 0.403. The highest BCUT2D eigenvalue weighted by atomic mass is 32.4. The summed E-state index contributed by atoms with van der Waals surface area (Å²) >= 11 is 0. The van der Waals surface area contributed by atoms with E-state index in [0.717, 1.165) is 0 Å². The van der Waals surface area contributed by atoms with Gasteiger partial charge >= 0.3 is 10.6 Å². The normalized spacial score (nSPS) is 19.0. The summed E-state index contributed by atoms with van der Waals surface area (Å²) in [6.45, 7) is 0. The van der Waals surface area contributed by atoms with E-state index in [1.807, 2.05) is 0 Å². The van der Waals surface area contributed by atoms with Crippen LogP contribution in [0.15, 0.2) is 0 Å². The fourth-order valence-electron chi connectivity index (χ4n) is 0. The van der Waals surface area contributed by atoms with Crippen LogP contribution in [0.4, 0.5) is 15.5 Å². The molecule has 0 spiro atoms. The van der Waals surface area contributed by atoms with Gasteiger partial charge in [-0.3, -0.25) is 0 Å². The summed E-state index contributed by atoms with van der Waals surface area (Å²) in [4.78, 5) is 0. The zero-order chi connectivity index (χ0) is 5.45. The molecule has 0 saturated heterocycles. The third kappa shape index (κ3) is 1890. The molecule has 0 bridgehead atoms. The second-order valence-electron chi connectivity index (χ2n) is 0.602. The summed E-state index contributed by atoms with van der Waals surface area (Å²) in [6, 6.07) is 0. The van der Waals surface area contributed by atoms with E-state index in [1.54, 1.807) is 0 Å². The van der Waals surface area contributed by atoms with E-state index in [-0.39, 0.29) is 0 Å². The monoisotopic (exact) mass is 124 g/mol. The molecule has 0 unspecified atom stereocenters. The van der Waals surface area contributed by atoms with Gasteiger partial charge in [-0.2, -0.15) is 4.21 Å². The molecule has 0 atom stereocenters. The Morgan fingerprint density at radius 2 is 1.00 bits per heavy atom. The van der Waals surface area contributed by atoms with Crippen molar-refractivity contribution in [1.82, 2.24) is 0 Å². The third-order valence-electron chi connectivity index (χ3n) is 0. The van der Waals surface area contributed by atoms with Crippen molar-refractivity contribution in [2.45, 2.75) is 0 Å². The minimum Gasteiger partial charge on any atom is -0.158 e. The first-order chi connectivity index (χ1) is 2.24. The zero-order valence-corrected chi connectivity index (χ0v) is 3.14. The molecule has 40 valence electrons. The first kappa shape index (κ1) is 5.87. The van der Waals surface area contributed by atoms with Gasteiger partial charge in [0.2, 0.25) is 0 Å². The molecule has 0 saturated carbocycles. The molecule has 0 aromatic rings. The summed E-state index contributed by atoms with van der Waals surface area (Å²) in [5.41, 5.74) is 0. The summed E-state index contributed by atoms with van der Waals surface area (Å²) in [7, 11) is -8.10. The highest BCUT2D eigenvalue weighted by molar-refractivity contribution is 8.01. The van der Waals surface area contributed by atoms with Gasteiger partial charge in [0.05, 0.1) is 0 Å². The van der Waals surface area contributed by atoms with Gasteiger partial charge in [0.15, 0.2) is 0 Å². The Morgan fingerprint density at radius 3 is 1.00 bits per heavy atom. The molecule has 0 N–H and O–H groups in total. The van der Waals surface area contributed by atoms with E-state index < -0.39 is 10.6 Å². The molecule has 0 aliphatic heterocycles. The smallest absolute Gasteiger partial charge is 0.158 e. The lowest BCUT2D eigenvalue weighted by Gasteiger charge is -1.95. The molecule has 6 heteroatoms. The Labute approximate surface area is 31.5 Å². The second kappa shape index (κ2) is 0.749. The van der Waals surface area contributed by atoms with Crippen LogP contribution in [0.5, 0.6) is 0 Å². The Morgan fingerprint density at radius 1 is 1.00 bits per heavy atom. The molecular formula is F4OS. The van der Waals surface area contributed by atoms with Gasteiger partial charge in [0.25, 0.3) is 0 Å². The largest absolute Gasteiger partial charge is 0.456 e. The van der Waals surface area contributed by atoms with Crippen molar-refractivity contribution in [3.8, 4) is 0 Å². The molecule has 0 amide bonds. The van der Waals surface area contributed by atoms with Crippen molar-refractivity contribution in [2.24, 2.45) is 0 Å². The molecule has 6 heavy (non-hydrogen) atoms. The van der Waals surface area contributed by atoms with E-state index in [9.17, 15) is 15.5 Å². The molecule has 0 rings (SSSR count). The van der Waals surface area contributed by atoms with E-state index in [4.69, 9.17) is 4.21 Å². The molecule has 0 aliphatic carbocycles. The lowest BCUT2D eigenvalue weighted by atomic mass is 16.0. The van der Waals surface area contributed by atoms with Crippen LogP contribution in [0.25, 0.3) is 0 Å². The molecule has 0 aromatic carbocycles. The zero-order valence-electron chi connectivity index (χ0n) is 2.33. The van der Waals surface area contributed by atoms with Gasteiger partial charge in [-0.15, -0.1) is 0 Å². The number of hydrogen-bond acceptors (Lipinski definition) is 1. The van der Waals surface area contributed by atoms with E-state index in [0.29, 0.717) is 0 Å². The summed E-state index contributed by atoms with van der Waals surface area (Å²) in [5.74, 6) is 0. The van der Waals surface area contributed by atoms with Crippen molar-refractivity contribution < 1.29 is 19.8 Å². The quantitative estimate of drug-likeness (QED) is 0.352. The summed E-state index contributed by atoms with van der Waals surface area (Å²) in [6.07, 6.45) is 0. The lowest BCUT2D eigenvalue weighted by Crippen LogP contribution is -1.97. The van der Waals surface area contributed by atoms with Crippen molar-refractivity contribution in [1.29, 1.82) is 0 Å². The van der Waals surface area contributed by atoms with Crippen molar-refractivity contribution >= 4 is 10.6 Å². The number of hydrogen-bond donors (Lipinski definition) is 0. The standard InChI is InChI=1S/F4OS/c1-6(2,3,4)5. The van der Waals surface area contributed by atoms with E-state index >= 15 is 0 Å². The highest BCUT2D eigenvalue weighted by Crippen LogP contribution is 2.31. The first-order valence-electron chi connectivity index (χ1n) is 0.784. The molecule has 0 fully saturated rings. The van der Waals surface area contributed by atoms with Crippen molar-refractivity contribution in [3.63, 3.8) is 0 Å². The van der Waals surface area contributed by atoms with Crippen molar-refractivity contribution in [2.75, 3.05) is 0 Å². The van der Waals surface area contributed by atoms with Crippen LogP contribution in [-0.4, -0.2) is 4.21 Å². The predicted octanol–water partition coefficient (Wildman–Crippen LogP) is 1.34. The number of halogens is 4. The molecule has 0 aromatic heterocycles. The van der Waals surface area contributed by atoms with Crippen LogP contribution >= 0.6 is 0 Å².